The summed E-state index contributed by atoms with van der Waals surface area (Å²) in [6.45, 7) is 7.90. The molecule has 0 atom stereocenters. The lowest BCUT2D eigenvalue weighted by Crippen LogP contribution is -2.02. The summed E-state index contributed by atoms with van der Waals surface area (Å²) in [6.07, 6.45) is 4.60. The van der Waals surface area contributed by atoms with E-state index in [-0.39, 0.29) is 0 Å². The highest BCUT2D eigenvalue weighted by Crippen LogP contribution is 1.94. The molecule has 1 nitrogen and oxygen atoms in total. The molecule has 0 aromatic carbocycles. The summed E-state index contributed by atoms with van der Waals surface area (Å²) in [5.41, 5.74) is 2.61. The largest absolute Gasteiger partial charge is 0.392 e. The van der Waals surface area contributed by atoms with Crippen molar-refractivity contribution in [1.82, 2.24) is 5.32 Å². The van der Waals surface area contributed by atoms with E-state index >= 15 is 0 Å². The van der Waals surface area contributed by atoms with E-state index < -0.39 is 0 Å². The lowest BCUT2D eigenvalue weighted by molar-refractivity contribution is 0.957. The van der Waals surface area contributed by atoms with Crippen LogP contribution in [0.3, 0.4) is 0 Å². The summed E-state index contributed by atoms with van der Waals surface area (Å²) in [5, 5.41) is 3.04. The normalized spacial score (nSPS) is 6.40. The highest BCUT2D eigenvalue weighted by Gasteiger charge is 1.81. The number of terminal acetylenes is 1. The first kappa shape index (κ1) is 11.8. The maximum absolute atomic E-state index is 4.60. The highest BCUT2D eigenvalue weighted by atomic mass is 14.8. The zero-order valence-corrected chi connectivity index (χ0v) is 7.58. The van der Waals surface area contributed by atoms with Crippen LogP contribution < -0.4 is 5.32 Å². The Bertz CT molecular complexity index is 133. The molecule has 0 aliphatic heterocycles. The second kappa shape index (κ2) is 8.10. The van der Waals surface area contributed by atoms with Crippen LogP contribution >= 0.6 is 0 Å². The molecule has 0 aromatic heterocycles. The zero-order chi connectivity index (χ0) is 8.57. The quantitative estimate of drug-likeness (QED) is 0.549. The van der Waals surface area contributed by atoms with Gasteiger partial charge in [-0.3, -0.25) is 0 Å². The zero-order valence-electron chi connectivity index (χ0n) is 7.58. The molecule has 0 spiro atoms. The molecule has 0 fully saturated rings. The lowest BCUT2D eigenvalue weighted by atomic mass is 10.3. The first-order valence-corrected chi connectivity index (χ1v) is 3.29. The van der Waals surface area contributed by atoms with E-state index in [0.29, 0.717) is 0 Å². The third-order valence-electron chi connectivity index (χ3n) is 1.12. The number of allylic oxidation sites excluding steroid dienone is 2. The second-order valence-corrected chi connectivity index (χ2v) is 2.16. The fourth-order valence-electron chi connectivity index (χ4n) is 0.250. The fourth-order valence-corrected chi connectivity index (χ4v) is 0.250. The van der Waals surface area contributed by atoms with Crippen molar-refractivity contribution < 1.29 is 0 Å². The number of hydrogen-bond acceptors (Lipinski definition) is 1. The van der Waals surface area contributed by atoms with Crippen LogP contribution in [-0.2, 0) is 0 Å². The molecule has 0 amide bonds. The highest BCUT2D eigenvalue weighted by molar-refractivity contribution is 5.03. The maximum atomic E-state index is 4.60. The van der Waals surface area contributed by atoms with Crippen LogP contribution in [0.5, 0.6) is 0 Å². The molecule has 0 aromatic rings. The van der Waals surface area contributed by atoms with Gasteiger partial charge in [0.1, 0.15) is 0 Å². The summed E-state index contributed by atoms with van der Waals surface area (Å²) in [4.78, 5) is 0. The number of nitrogens with one attached hydrogen (secondary N) is 1. The van der Waals surface area contributed by atoms with E-state index in [0.717, 1.165) is 0 Å². The van der Waals surface area contributed by atoms with Gasteiger partial charge in [-0.15, -0.1) is 12.3 Å². The minimum absolute atomic E-state index is 1.26. The van der Waals surface area contributed by atoms with Gasteiger partial charge in [0.2, 0.25) is 0 Å². The molecule has 0 aliphatic carbocycles. The van der Waals surface area contributed by atoms with Crippen molar-refractivity contribution in [3.8, 4) is 12.3 Å². The van der Waals surface area contributed by atoms with Gasteiger partial charge in [0, 0.05) is 12.7 Å². The van der Waals surface area contributed by atoms with E-state index in [1.165, 1.54) is 11.3 Å². The average molecular weight is 139 g/mol. The van der Waals surface area contributed by atoms with Gasteiger partial charge in [0.25, 0.3) is 0 Å². The monoisotopic (exact) mass is 139 g/mol. The van der Waals surface area contributed by atoms with E-state index in [4.69, 9.17) is 0 Å². The molecule has 0 aliphatic rings. The minimum Gasteiger partial charge on any atom is -0.392 e. The summed E-state index contributed by atoms with van der Waals surface area (Å²) in [7, 11) is 1.93. The third-order valence-corrected chi connectivity index (χ3v) is 1.12. The predicted octanol–water partition coefficient (Wildman–Crippen LogP) is 2.16. The van der Waals surface area contributed by atoms with Gasteiger partial charge in [0.05, 0.1) is 0 Å². The molecule has 0 bridgehead atoms. The molecule has 0 heterocycles. The lowest BCUT2D eigenvalue weighted by Gasteiger charge is -1.98. The third kappa shape index (κ3) is 10.2. The van der Waals surface area contributed by atoms with E-state index in [9.17, 15) is 0 Å². The van der Waals surface area contributed by atoms with Gasteiger partial charge < -0.3 is 5.32 Å². The summed E-state index contributed by atoms with van der Waals surface area (Å²) in [6, 6.07) is 0. The smallest absolute Gasteiger partial charge is 0.00587 e. The van der Waals surface area contributed by atoms with Gasteiger partial charge in [0.15, 0.2) is 0 Å². The first-order valence-electron chi connectivity index (χ1n) is 3.29. The molecular weight excluding hydrogens is 122 g/mol. The predicted molar refractivity (Wildman–Crippen MR) is 47.6 cm³/mol. The van der Waals surface area contributed by atoms with Crippen molar-refractivity contribution in [2.45, 2.75) is 27.7 Å². The Morgan fingerprint density at radius 2 is 1.60 bits per heavy atom. The van der Waals surface area contributed by atoms with E-state index in [1.807, 2.05) is 7.05 Å². The Kier molecular flexibility index (Phi) is 9.59. The molecule has 1 N–H and O–H groups in total. The molecule has 0 saturated carbocycles. The Hall–Kier alpha value is -0.900. The molecule has 0 rings (SSSR count). The summed E-state index contributed by atoms with van der Waals surface area (Å²) >= 11 is 0. The van der Waals surface area contributed by atoms with Gasteiger partial charge in [-0.05, 0) is 27.7 Å². The average Bonchev–Trinajstić information content (AvgIpc) is 1.88. The van der Waals surface area contributed by atoms with Crippen LogP contribution in [0, 0.1) is 12.3 Å². The van der Waals surface area contributed by atoms with Gasteiger partial charge >= 0.3 is 0 Å². The summed E-state index contributed by atoms with van der Waals surface area (Å²) < 4.78 is 0. The van der Waals surface area contributed by atoms with Crippen molar-refractivity contribution in [3.63, 3.8) is 0 Å². The summed E-state index contributed by atoms with van der Waals surface area (Å²) in [5.74, 6) is 2.25. The standard InChI is InChI=1S/C6H13N.C3H4/c1-5(2)6(3)7-4;1-3-2/h7H,1-4H3;1H,2H3. The molecule has 0 unspecified atom stereocenters. The van der Waals surface area contributed by atoms with Crippen LogP contribution in [0.4, 0.5) is 0 Å². The molecule has 58 valence electrons. The Morgan fingerprint density at radius 3 is 1.60 bits per heavy atom. The van der Waals surface area contributed by atoms with E-state index in [2.05, 4.69) is 38.4 Å². The molecule has 10 heavy (non-hydrogen) atoms. The molecule has 1 heteroatoms. The Morgan fingerprint density at radius 1 is 1.30 bits per heavy atom. The Balaban J connectivity index is 0. The van der Waals surface area contributed by atoms with Crippen molar-refractivity contribution in [2.24, 2.45) is 0 Å². The van der Waals surface area contributed by atoms with Crippen molar-refractivity contribution in [1.29, 1.82) is 0 Å². The van der Waals surface area contributed by atoms with Crippen LogP contribution in [0.25, 0.3) is 0 Å². The number of hydrogen-bond donors (Lipinski definition) is 1. The van der Waals surface area contributed by atoms with Gasteiger partial charge in [-0.2, -0.15) is 0 Å². The van der Waals surface area contributed by atoms with Crippen LogP contribution in [-0.4, -0.2) is 7.05 Å². The van der Waals surface area contributed by atoms with Crippen LogP contribution in [0.2, 0.25) is 0 Å². The SMILES string of the molecule is C#CC.CNC(C)=C(C)C. The Labute approximate surface area is 64.5 Å². The topological polar surface area (TPSA) is 12.0 Å². The van der Waals surface area contributed by atoms with Crippen molar-refractivity contribution >= 4 is 0 Å². The van der Waals surface area contributed by atoms with Crippen molar-refractivity contribution in [3.05, 3.63) is 11.3 Å². The molecule has 0 radical (unpaired) electrons. The van der Waals surface area contributed by atoms with Crippen LogP contribution in [0.15, 0.2) is 11.3 Å². The fraction of sp³-hybridized carbons (Fsp3) is 0.556. The van der Waals surface area contributed by atoms with Gasteiger partial charge in [-0.25, -0.2) is 0 Å². The molecular formula is C9H17N. The van der Waals surface area contributed by atoms with E-state index in [1.54, 1.807) is 6.92 Å². The second-order valence-electron chi connectivity index (χ2n) is 2.16. The number of rotatable bonds is 1. The minimum atomic E-state index is 1.26. The van der Waals surface area contributed by atoms with Crippen LogP contribution in [0.1, 0.15) is 27.7 Å². The van der Waals surface area contributed by atoms with Gasteiger partial charge in [-0.1, -0.05) is 5.57 Å². The molecule has 0 saturated heterocycles. The van der Waals surface area contributed by atoms with Crippen molar-refractivity contribution in [2.75, 3.05) is 7.05 Å². The maximum Gasteiger partial charge on any atom is 0.00587 e. The first-order chi connectivity index (χ1) is 4.59.